The van der Waals surface area contributed by atoms with Gasteiger partial charge in [0.15, 0.2) is 5.82 Å². The summed E-state index contributed by atoms with van der Waals surface area (Å²) in [5.74, 6) is 0.495. The third kappa shape index (κ3) is 9.10. The third-order valence-corrected chi connectivity index (χ3v) is 3.00. The SMILES string of the molecule is CC(C)(C)OC(=O)N(CCOCc1ncc(Br)cn1)C(=O)OC(C)(C)C. The number of hydrogen-bond donors (Lipinski definition) is 0. The van der Waals surface area contributed by atoms with Crippen LogP contribution in [-0.4, -0.2) is 51.4 Å². The Balaban J connectivity index is 2.64. The second kappa shape index (κ2) is 9.27. The van der Waals surface area contributed by atoms with E-state index >= 15 is 0 Å². The fraction of sp³-hybridized carbons (Fsp3) is 0.647. The van der Waals surface area contributed by atoms with E-state index in [1.54, 1.807) is 53.9 Å². The molecule has 0 unspecified atom stereocenters. The van der Waals surface area contributed by atoms with Gasteiger partial charge in [-0.2, -0.15) is 0 Å². The lowest BCUT2D eigenvalue weighted by molar-refractivity contribution is -0.00562. The Kier molecular flexibility index (Phi) is 7.95. The number of imide groups is 1. The lowest BCUT2D eigenvalue weighted by atomic mass is 10.2. The summed E-state index contributed by atoms with van der Waals surface area (Å²) in [6.45, 7) is 10.6. The fourth-order valence-corrected chi connectivity index (χ4v) is 1.83. The van der Waals surface area contributed by atoms with Gasteiger partial charge in [-0.25, -0.2) is 24.5 Å². The highest BCUT2D eigenvalue weighted by atomic mass is 79.9. The molecule has 1 aromatic heterocycles. The lowest BCUT2D eigenvalue weighted by Crippen LogP contribution is -2.45. The van der Waals surface area contributed by atoms with E-state index < -0.39 is 23.4 Å². The molecule has 0 aliphatic heterocycles. The summed E-state index contributed by atoms with van der Waals surface area (Å²) in [6, 6.07) is 0. The van der Waals surface area contributed by atoms with E-state index in [9.17, 15) is 9.59 Å². The number of nitrogens with zero attached hydrogens (tertiary/aromatic N) is 3. The van der Waals surface area contributed by atoms with Crippen molar-refractivity contribution in [3.63, 3.8) is 0 Å². The normalized spacial score (nSPS) is 11.8. The number of halogens is 1. The number of ether oxygens (including phenoxy) is 3. The van der Waals surface area contributed by atoms with Crippen LogP contribution in [0.2, 0.25) is 0 Å². The van der Waals surface area contributed by atoms with E-state index in [1.807, 2.05) is 0 Å². The summed E-state index contributed by atoms with van der Waals surface area (Å²) < 4.78 is 16.7. The van der Waals surface area contributed by atoms with Crippen molar-refractivity contribution in [2.45, 2.75) is 59.4 Å². The first-order valence-corrected chi connectivity index (χ1v) is 8.94. The first kappa shape index (κ1) is 22.3. The predicted molar refractivity (Wildman–Crippen MR) is 98.6 cm³/mol. The minimum absolute atomic E-state index is 0.0135. The molecule has 8 nitrogen and oxygen atoms in total. The number of rotatable bonds is 5. The van der Waals surface area contributed by atoms with E-state index in [-0.39, 0.29) is 19.8 Å². The molecular formula is C17H26BrN3O5. The zero-order valence-corrected chi connectivity index (χ0v) is 17.6. The molecule has 146 valence electrons. The summed E-state index contributed by atoms with van der Waals surface area (Å²) >= 11 is 3.25. The fourth-order valence-electron chi connectivity index (χ4n) is 1.62. The van der Waals surface area contributed by atoms with Crippen LogP contribution in [0.3, 0.4) is 0 Å². The van der Waals surface area contributed by atoms with E-state index in [0.29, 0.717) is 5.82 Å². The average Bonchev–Trinajstić information content (AvgIpc) is 2.45. The Bertz CT molecular complexity index is 580. The van der Waals surface area contributed by atoms with Gasteiger partial charge in [0.25, 0.3) is 0 Å². The van der Waals surface area contributed by atoms with Crippen LogP contribution >= 0.6 is 15.9 Å². The van der Waals surface area contributed by atoms with Crippen LogP contribution in [0.4, 0.5) is 9.59 Å². The lowest BCUT2D eigenvalue weighted by Gasteiger charge is -2.28. The molecule has 0 N–H and O–H groups in total. The zero-order chi connectivity index (χ0) is 20.0. The molecule has 0 atom stereocenters. The highest BCUT2D eigenvalue weighted by molar-refractivity contribution is 9.10. The van der Waals surface area contributed by atoms with Crippen molar-refractivity contribution < 1.29 is 23.8 Å². The Hall–Kier alpha value is -1.74. The highest BCUT2D eigenvalue weighted by Crippen LogP contribution is 2.14. The smallest absolute Gasteiger partial charge is 0.419 e. The first-order chi connectivity index (χ1) is 11.9. The first-order valence-electron chi connectivity index (χ1n) is 8.15. The predicted octanol–water partition coefficient (Wildman–Crippen LogP) is 3.93. The quantitative estimate of drug-likeness (QED) is 0.651. The molecule has 1 aromatic rings. The molecule has 2 amide bonds. The molecular weight excluding hydrogens is 406 g/mol. The molecule has 0 saturated heterocycles. The summed E-state index contributed by atoms with van der Waals surface area (Å²) in [6.07, 6.45) is 1.66. The zero-order valence-electron chi connectivity index (χ0n) is 16.0. The molecule has 0 saturated carbocycles. The monoisotopic (exact) mass is 431 g/mol. The van der Waals surface area contributed by atoms with E-state index in [0.717, 1.165) is 9.37 Å². The topological polar surface area (TPSA) is 90.9 Å². The minimum Gasteiger partial charge on any atom is -0.443 e. The van der Waals surface area contributed by atoms with Crippen LogP contribution in [0.15, 0.2) is 16.9 Å². The van der Waals surface area contributed by atoms with Gasteiger partial charge in [0.05, 0.1) is 17.6 Å². The Morgan fingerprint density at radius 2 is 1.46 bits per heavy atom. The van der Waals surface area contributed by atoms with Crippen molar-refractivity contribution in [1.82, 2.24) is 14.9 Å². The van der Waals surface area contributed by atoms with Crippen molar-refractivity contribution >= 4 is 28.1 Å². The van der Waals surface area contributed by atoms with Crippen LogP contribution in [-0.2, 0) is 20.8 Å². The van der Waals surface area contributed by atoms with Crippen molar-refractivity contribution in [2.75, 3.05) is 13.2 Å². The third-order valence-electron chi connectivity index (χ3n) is 2.59. The molecule has 0 radical (unpaired) electrons. The van der Waals surface area contributed by atoms with Gasteiger partial charge in [0, 0.05) is 12.4 Å². The average molecular weight is 432 g/mol. The second-order valence-electron chi connectivity index (χ2n) is 7.48. The van der Waals surface area contributed by atoms with E-state index in [4.69, 9.17) is 14.2 Å². The van der Waals surface area contributed by atoms with Gasteiger partial charge in [0.2, 0.25) is 0 Å². The van der Waals surface area contributed by atoms with Crippen LogP contribution < -0.4 is 0 Å². The maximum absolute atomic E-state index is 12.3. The van der Waals surface area contributed by atoms with Gasteiger partial charge in [-0.1, -0.05) is 0 Å². The largest absolute Gasteiger partial charge is 0.443 e. The number of aromatic nitrogens is 2. The van der Waals surface area contributed by atoms with Crippen molar-refractivity contribution in [3.05, 3.63) is 22.7 Å². The molecule has 26 heavy (non-hydrogen) atoms. The number of hydrogen-bond acceptors (Lipinski definition) is 7. The Labute approximate surface area is 162 Å². The molecule has 0 aliphatic rings. The van der Waals surface area contributed by atoms with Crippen molar-refractivity contribution in [2.24, 2.45) is 0 Å². The van der Waals surface area contributed by atoms with E-state index in [2.05, 4.69) is 25.9 Å². The van der Waals surface area contributed by atoms with Gasteiger partial charge in [-0.3, -0.25) is 0 Å². The maximum Gasteiger partial charge on any atom is 0.419 e. The summed E-state index contributed by atoms with van der Waals surface area (Å²) in [7, 11) is 0. The maximum atomic E-state index is 12.3. The summed E-state index contributed by atoms with van der Waals surface area (Å²) in [5, 5.41) is 0. The number of amides is 2. The van der Waals surface area contributed by atoms with Gasteiger partial charge < -0.3 is 14.2 Å². The van der Waals surface area contributed by atoms with E-state index in [1.165, 1.54) is 0 Å². The Morgan fingerprint density at radius 1 is 1.00 bits per heavy atom. The van der Waals surface area contributed by atoms with Crippen LogP contribution in [0.1, 0.15) is 47.4 Å². The van der Waals surface area contributed by atoms with Gasteiger partial charge >= 0.3 is 12.2 Å². The highest BCUT2D eigenvalue weighted by Gasteiger charge is 2.30. The standard InChI is InChI=1S/C17H26BrN3O5/c1-16(2,3)25-14(22)21(15(23)26-17(4,5)6)7-8-24-11-13-19-9-12(18)10-20-13/h9-10H,7-8,11H2,1-6H3. The van der Waals surface area contributed by atoms with Crippen molar-refractivity contribution in [3.8, 4) is 0 Å². The molecule has 0 aromatic carbocycles. The van der Waals surface area contributed by atoms with Gasteiger partial charge in [-0.15, -0.1) is 0 Å². The molecule has 0 fully saturated rings. The second-order valence-corrected chi connectivity index (χ2v) is 8.40. The molecule has 9 heteroatoms. The summed E-state index contributed by atoms with van der Waals surface area (Å²) in [4.78, 5) is 33.7. The number of carbonyl (C=O) groups is 2. The minimum atomic E-state index is -0.782. The molecule has 1 heterocycles. The van der Waals surface area contributed by atoms with Crippen LogP contribution in [0.5, 0.6) is 0 Å². The summed E-state index contributed by atoms with van der Waals surface area (Å²) in [5.41, 5.74) is -1.47. The van der Waals surface area contributed by atoms with Crippen LogP contribution in [0, 0.1) is 0 Å². The Morgan fingerprint density at radius 3 is 1.88 bits per heavy atom. The molecule has 0 aliphatic carbocycles. The molecule has 1 rings (SSSR count). The molecule has 0 spiro atoms. The number of carbonyl (C=O) groups excluding carboxylic acids is 2. The van der Waals surface area contributed by atoms with Crippen molar-refractivity contribution in [1.29, 1.82) is 0 Å². The molecule has 0 bridgehead atoms. The van der Waals surface area contributed by atoms with Gasteiger partial charge in [0.1, 0.15) is 17.8 Å². The van der Waals surface area contributed by atoms with Gasteiger partial charge in [-0.05, 0) is 57.5 Å². The van der Waals surface area contributed by atoms with Crippen LogP contribution in [0.25, 0.3) is 0 Å².